The van der Waals surface area contributed by atoms with Crippen molar-refractivity contribution in [3.63, 3.8) is 0 Å². The molecule has 0 saturated heterocycles. The Kier molecular flexibility index (Phi) is 4.32. The molecule has 0 radical (unpaired) electrons. The molecule has 6 heteroatoms. The van der Waals surface area contributed by atoms with Crippen LogP contribution in [0.5, 0.6) is 0 Å². The average Bonchev–Trinajstić information content (AvgIpc) is 3.19. The van der Waals surface area contributed by atoms with E-state index in [1.165, 1.54) is 0 Å². The Bertz CT molecular complexity index is 455. The second-order valence-corrected chi connectivity index (χ2v) is 4.87. The number of alkyl halides is 3. The van der Waals surface area contributed by atoms with Gasteiger partial charge in [0.25, 0.3) is 0 Å². The maximum Gasteiger partial charge on any atom is 0.411 e. The van der Waals surface area contributed by atoms with E-state index in [9.17, 15) is 18.0 Å². The first kappa shape index (κ1) is 14.8. The largest absolute Gasteiger partial charge is 0.411 e. The van der Waals surface area contributed by atoms with E-state index >= 15 is 0 Å². The minimum atomic E-state index is -4.33. The van der Waals surface area contributed by atoms with Crippen molar-refractivity contribution in [1.82, 2.24) is 5.32 Å². The van der Waals surface area contributed by atoms with Crippen LogP contribution in [0.25, 0.3) is 0 Å². The van der Waals surface area contributed by atoms with Crippen molar-refractivity contribution >= 4 is 5.91 Å². The van der Waals surface area contributed by atoms with Crippen LogP contribution < -0.4 is 5.32 Å². The van der Waals surface area contributed by atoms with Crippen LogP contribution in [0.4, 0.5) is 13.2 Å². The van der Waals surface area contributed by atoms with E-state index in [0.29, 0.717) is 0 Å². The van der Waals surface area contributed by atoms with Gasteiger partial charge in [-0.3, -0.25) is 4.79 Å². The monoisotopic (exact) mass is 287 g/mol. The summed E-state index contributed by atoms with van der Waals surface area (Å²) in [6, 6.07) is 9.41. The number of carbonyl (C=O) groups excluding carboxylic acids is 1. The second kappa shape index (κ2) is 5.83. The summed E-state index contributed by atoms with van der Waals surface area (Å²) >= 11 is 0. The topological polar surface area (TPSA) is 38.3 Å². The zero-order valence-corrected chi connectivity index (χ0v) is 10.9. The predicted molar refractivity (Wildman–Crippen MR) is 67.2 cm³/mol. The number of halogens is 3. The fourth-order valence-corrected chi connectivity index (χ4v) is 2.12. The molecule has 1 fully saturated rings. The van der Waals surface area contributed by atoms with Crippen LogP contribution in [-0.2, 0) is 14.9 Å². The third-order valence-corrected chi connectivity index (χ3v) is 3.31. The molecule has 0 atom stereocenters. The van der Waals surface area contributed by atoms with Crippen LogP contribution in [0.2, 0.25) is 0 Å². The Labute approximate surface area is 115 Å². The van der Waals surface area contributed by atoms with E-state index in [2.05, 4.69) is 10.1 Å². The van der Waals surface area contributed by atoms with Crippen molar-refractivity contribution in [1.29, 1.82) is 0 Å². The van der Waals surface area contributed by atoms with Gasteiger partial charge < -0.3 is 10.1 Å². The van der Waals surface area contributed by atoms with Crippen molar-refractivity contribution in [2.24, 2.45) is 0 Å². The molecule has 3 nitrogen and oxygen atoms in total. The number of hydrogen-bond acceptors (Lipinski definition) is 2. The summed E-state index contributed by atoms with van der Waals surface area (Å²) in [7, 11) is 0. The number of hydrogen-bond donors (Lipinski definition) is 1. The molecule has 1 amide bonds. The molecule has 1 aromatic carbocycles. The molecule has 20 heavy (non-hydrogen) atoms. The van der Waals surface area contributed by atoms with Gasteiger partial charge in [-0.1, -0.05) is 30.3 Å². The first-order valence-electron chi connectivity index (χ1n) is 6.42. The van der Waals surface area contributed by atoms with Gasteiger partial charge in [-0.25, -0.2) is 0 Å². The molecule has 0 spiro atoms. The van der Waals surface area contributed by atoms with E-state index in [0.717, 1.165) is 18.4 Å². The number of carbonyl (C=O) groups is 1. The van der Waals surface area contributed by atoms with Crippen molar-refractivity contribution < 1.29 is 22.7 Å². The van der Waals surface area contributed by atoms with Crippen LogP contribution in [0, 0.1) is 0 Å². The molecule has 110 valence electrons. The number of ether oxygens (including phenoxy) is 1. The molecule has 0 bridgehead atoms. The van der Waals surface area contributed by atoms with E-state index < -0.39 is 18.2 Å². The SMILES string of the molecule is O=C(NCCOCC(F)(F)F)C1(c2ccccc2)CC1. The van der Waals surface area contributed by atoms with Crippen LogP contribution in [0.3, 0.4) is 0 Å². The molecule has 1 aliphatic carbocycles. The summed E-state index contributed by atoms with van der Waals surface area (Å²) in [6.45, 7) is -1.34. The van der Waals surface area contributed by atoms with Gasteiger partial charge in [0.2, 0.25) is 5.91 Å². The molecule has 0 aromatic heterocycles. The zero-order valence-electron chi connectivity index (χ0n) is 10.9. The molecule has 0 unspecified atom stereocenters. The van der Waals surface area contributed by atoms with Crippen molar-refractivity contribution in [2.75, 3.05) is 19.8 Å². The van der Waals surface area contributed by atoms with Crippen LogP contribution in [0.1, 0.15) is 18.4 Å². The van der Waals surface area contributed by atoms with Crippen LogP contribution >= 0.6 is 0 Å². The number of rotatable bonds is 6. The van der Waals surface area contributed by atoms with Gasteiger partial charge in [-0.2, -0.15) is 13.2 Å². The van der Waals surface area contributed by atoms with Gasteiger partial charge in [0.1, 0.15) is 6.61 Å². The molecule has 1 N–H and O–H groups in total. The summed E-state index contributed by atoms with van der Waals surface area (Å²) in [5.74, 6) is -0.140. The molecule has 1 saturated carbocycles. The smallest absolute Gasteiger partial charge is 0.370 e. The standard InChI is InChI=1S/C14H16F3NO2/c15-14(16,17)10-20-9-8-18-12(19)13(6-7-13)11-4-2-1-3-5-11/h1-5H,6-10H2,(H,18,19). The normalized spacial score (nSPS) is 16.8. The maximum absolute atomic E-state index is 12.1. The van der Waals surface area contributed by atoms with Crippen molar-refractivity contribution in [3.05, 3.63) is 35.9 Å². The summed E-state index contributed by atoms with van der Waals surface area (Å²) < 4.78 is 40.0. The minimum absolute atomic E-state index is 0.0868. The first-order chi connectivity index (χ1) is 9.44. The van der Waals surface area contributed by atoms with Crippen molar-refractivity contribution in [3.8, 4) is 0 Å². The maximum atomic E-state index is 12.1. The Morgan fingerprint density at radius 3 is 2.45 bits per heavy atom. The van der Waals surface area contributed by atoms with Gasteiger partial charge >= 0.3 is 6.18 Å². The molecule has 0 aliphatic heterocycles. The quantitative estimate of drug-likeness (QED) is 0.816. The third-order valence-electron chi connectivity index (χ3n) is 3.31. The van der Waals surface area contributed by atoms with E-state index in [1.54, 1.807) is 0 Å². The van der Waals surface area contributed by atoms with Crippen LogP contribution in [-0.4, -0.2) is 31.8 Å². The van der Waals surface area contributed by atoms with Gasteiger partial charge in [0.15, 0.2) is 0 Å². The van der Waals surface area contributed by atoms with Crippen molar-refractivity contribution in [2.45, 2.75) is 24.4 Å². The van der Waals surface area contributed by atoms with Gasteiger partial charge in [-0.15, -0.1) is 0 Å². The second-order valence-electron chi connectivity index (χ2n) is 4.87. The lowest BCUT2D eigenvalue weighted by Crippen LogP contribution is -2.37. The highest BCUT2D eigenvalue weighted by atomic mass is 19.4. The molecule has 2 rings (SSSR count). The highest BCUT2D eigenvalue weighted by molar-refractivity contribution is 5.91. The van der Waals surface area contributed by atoms with E-state index in [4.69, 9.17) is 0 Å². The summed E-state index contributed by atoms with van der Waals surface area (Å²) in [4.78, 5) is 12.1. The number of nitrogens with one attached hydrogen (secondary N) is 1. The van der Waals surface area contributed by atoms with E-state index in [-0.39, 0.29) is 19.1 Å². The Balaban J connectivity index is 1.76. The molecule has 1 aliphatic rings. The molecular formula is C14H16F3NO2. The van der Waals surface area contributed by atoms with Gasteiger partial charge in [0.05, 0.1) is 12.0 Å². The van der Waals surface area contributed by atoms with Gasteiger partial charge in [-0.05, 0) is 18.4 Å². The first-order valence-corrected chi connectivity index (χ1v) is 6.42. The Morgan fingerprint density at radius 2 is 1.90 bits per heavy atom. The summed E-state index contributed by atoms with van der Waals surface area (Å²) in [5.41, 5.74) is 0.458. The fourth-order valence-electron chi connectivity index (χ4n) is 2.12. The Morgan fingerprint density at radius 1 is 1.25 bits per heavy atom. The third kappa shape index (κ3) is 3.72. The number of amides is 1. The highest BCUT2D eigenvalue weighted by Crippen LogP contribution is 2.48. The fraction of sp³-hybridized carbons (Fsp3) is 0.500. The predicted octanol–water partition coefficient (Wildman–Crippen LogP) is 2.41. The zero-order chi connectivity index (χ0) is 14.6. The molecular weight excluding hydrogens is 271 g/mol. The molecule has 0 heterocycles. The summed E-state index contributed by atoms with van der Waals surface area (Å²) in [6.07, 6.45) is -2.79. The minimum Gasteiger partial charge on any atom is -0.370 e. The summed E-state index contributed by atoms with van der Waals surface area (Å²) in [5, 5.41) is 2.64. The lowest BCUT2D eigenvalue weighted by atomic mass is 9.95. The number of benzene rings is 1. The molecule has 1 aromatic rings. The Hall–Kier alpha value is -1.56. The average molecular weight is 287 g/mol. The highest BCUT2D eigenvalue weighted by Gasteiger charge is 2.50. The lowest BCUT2D eigenvalue weighted by Gasteiger charge is -2.16. The lowest BCUT2D eigenvalue weighted by molar-refractivity contribution is -0.173. The van der Waals surface area contributed by atoms with Gasteiger partial charge in [0, 0.05) is 6.54 Å². The van der Waals surface area contributed by atoms with Crippen LogP contribution in [0.15, 0.2) is 30.3 Å². The van der Waals surface area contributed by atoms with E-state index in [1.807, 2.05) is 30.3 Å².